The fourth-order valence-electron chi connectivity index (χ4n) is 3.92. The van der Waals surface area contributed by atoms with Crippen LogP contribution in [0.4, 0.5) is 0 Å². The normalized spacial score (nSPS) is 52.4. The molecule has 3 aliphatic rings. The Morgan fingerprint density at radius 2 is 2.04 bits per heavy atom. The van der Waals surface area contributed by atoms with Gasteiger partial charge in [0.15, 0.2) is 12.0 Å². The van der Waals surface area contributed by atoms with Gasteiger partial charge in [0.05, 0.1) is 12.2 Å². The standard InChI is InChI=1S/C16H31N3O7/c1-3-4-18-8-5-7(17)12(10(22)9(8)21)26-15-13-16(24,19-13)14(23)11(25-15)6(2)20/h6-15,18-24H,3-5,17H2,1-2H3/t6-,7?,8?,9-,10?,11?,12-,13-,14-,15-,16?/m1/s1. The number of fused-ring (bicyclic) bond motifs is 1. The molecule has 26 heavy (non-hydrogen) atoms. The molecule has 1 aliphatic carbocycles. The first kappa shape index (κ1) is 20.3. The molecule has 0 aromatic carbocycles. The van der Waals surface area contributed by atoms with Crippen LogP contribution in [0.1, 0.15) is 26.7 Å². The molecule has 10 nitrogen and oxygen atoms in total. The van der Waals surface area contributed by atoms with Gasteiger partial charge in [0.25, 0.3) is 0 Å². The second kappa shape index (κ2) is 7.55. The smallest absolute Gasteiger partial charge is 0.178 e. The van der Waals surface area contributed by atoms with E-state index in [1.165, 1.54) is 6.92 Å². The summed E-state index contributed by atoms with van der Waals surface area (Å²) in [6, 6.07) is -1.61. The molecule has 3 rings (SSSR count). The molecule has 3 fully saturated rings. The van der Waals surface area contributed by atoms with Crippen molar-refractivity contribution in [1.82, 2.24) is 10.6 Å². The lowest BCUT2D eigenvalue weighted by Gasteiger charge is -2.44. The first-order valence-electron chi connectivity index (χ1n) is 9.23. The molecule has 10 heteroatoms. The number of hydrogen-bond acceptors (Lipinski definition) is 10. The van der Waals surface area contributed by atoms with Gasteiger partial charge < -0.3 is 46.1 Å². The summed E-state index contributed by atoms with van der Waals surface area (Å²) < 4.78 is 11.4. The van der Waals surface area contributed by atoms with Gasteiger partial charge in [-0.05, 0) is 26.3 Å². The van der Waals surface area contributed by atoms with E-state index in [2.05, 4.69) is 10.6 Å². The molecule has 2 heterocycles. The Bertz CT molecular complexity index is 498. The minimum Gasteiger partial charge on any atom is -0.391 e. The average molecular weight is 377 g/mol. The van der Waals surface area contributed by atoms with E-state index in [4.69, 9.17) is 15.2 Å². The van der Waals surface area contributed by atoms with Crippen molar-refractivity contribution in [2.45, 2.75) is 93.5 Å². The predicted octanol–water partition coefficient (Wildman–Crippen LogP) is -3.68. The number of aliphatic hydroxyl groups is 5. The maximum Gasteiger partial charge on any atom is 0.178 e. The van der Waals surface area contributed by atoms with Gasteiger partial charge in [0.1, 0.15) is 30.5 Å². The van der Waals surface area contributed by atoms with E-state index in [1.807, 2.05) is 6.92 Å². The van der Waals surface area contributed by atoms with Crippen molar-refractivity contribution in [2.75, 3.05) is 6.54 Å². The van der Waals surface area contributed by atoms with Crippen molar-refractivity contribution in [3.05, 3.63) is 0 Å². The summed E-state index contributed by atoms with van der Waals surface area (Å²) in [6.07, 6.45) is -6.35. The van der Waals surface area contributed by atoms with Gasteiger partial charge in [0, 0.05) is 12.1 Å². The monoisotopic (exact) mass is 377 g/mol. The molecule has 152 valence electrons. The number of aliphatic hydroxyl groups excluding tert-OH is 4. The van der Waals surface area contributed by atoms with Gasteiger partial charge in [-0.15, -0.1) is 0 Å². The molecule has 1 saturated carbocycles. The third kappa shape index (κ3) is 3.51. The highest BCUT2D eigenvalue weighted by atomic mass is 16.7. The first-order valence-corrected chi connectivity index (χ1v) is 9.23. The van der Waals surface area contributed by atoms with Crippen LogP contribution in [0.3, 0.4) is 0 Å². The van der Waals surface area contributed by atoms with Crippen molar-refractivity contribution in [2.24, 2.45) is 5.73 Å². The molecular weight excluding hydrogens is 346 g/mol. The molecule has 0 aromatic rings. The molecule has 2 saturated heterocycles. The first-order chi connectivity index (χ1) is 12.2. The van der Waals surface area contributed by atoms with Gasteiger partial charge in [-0.3, -0.25) is 5.32 Å². The Balaban J connectivity index is 1.67. The van der Waals surface area contributed by atoms with Gasteiger partial charge in [0.2, 0.25) is 0 Å². The van der Waals surface area contributed by atoms with Crippen LogP contribution in [-0.4, -0.2) is 98.8 Å². The van der Waals surface area contributed by atoms with E-state index >= 15 is 0 Å². The highest BCUT2D eigenvalue weighted by Gasteiger charge is 2.69. The summed E-state index contributed by atoms with van der Waals surface area (Å²) in [7, 11) is 0. The highest BCUT2D eigenvalue weighted by molar-refractivity contribution is 5.17. The molecule has 11 atom stereocenters. The lowest BCUT2D eigenvalue weighted by Crippen LogP contribution is -2.65. The van der Waals surface area contributed by atoms with Crippen LogP contribution in [0.15, 0.2) is 0 Å². The molecular formula is C16H31N3O7. The molecule has 0 bridgehead atoms. The molecule has 0 spiro atoms. The van der Waals surface area contributed by atoms with Gasteiger partial charge in [-0.25, -0.2) is 0 Å². The highest BCUT2D eigenvalue weighted by Crippen LogP contribution is 2.41. The van der Waals surface area contributed by atoms with E-state index in [0.29, 0.717) is 13.0 Å². The van der Waals surface area contributed by atoms with Gasteiger partial charge in [-0.2, -0.15) is 0 Å². The maximum atomic E-state index is 10.5. The van der Waals surface area contributed by atoms with Crippen molar-refractivity contribution in [3.8, 4) is 0 Å². The summed E-state index contributed by atoms with van der Waals surface area (Å²) in [5.74, 6) is 0. The third-order valence-electron chi connectivity index (χ3n) is 5.57. The molecule has 0 radical (unpaired) electrons. The van der Waals surface area contributed by atoms with E-state index in [9.17, 15) is 25.5 Å². The van der Waals surface area contributed by atoms with Crippen molar-refractivity contribution < 1.29 is 35.0 Å². The van der Waals surface area contributed by atoms with Crippen LogP contribution in [0.5, 0.6) is 0 Å². The minimum absolute atomic E-state index is 0.338. The van der Waals surface area contributed by atoms with Crippen molar-refractivity contribution in [3.63, 3.8) is 0 Å². The SMILES string of the molecule is CCCNC1CC(N)[C@@H](O[C@H]2OC([C@@H](C)O)[C@@H](O)C3(O)N[C@H]23)C(O)[C@@H]1O. The summed E-state index contributed by atoms with van der Waals surface area (Å²) >= 11 is 0. The molecule has 0 aromatic heterocycles. The number of nitrogens with two attached hydrogens (primary N) is 1. The molecule has 2 aliphatic heterocycles. The van der Waals surface area contributed by atoms with Crippen LogP contribution in [0.2, 0.25) is 0 Å². The van der Waals surface area contributed by atoms with Crippen LogP contribution < -0.4 is 16.4 Å². The lowest BCUT2D eigenvalue weighted by atomic mass is 9.84. The fraction of sp³-hybridized carbons (Fsp3) is 1.00. The third-order valence-corrected chi connectivity index (χ3v) is 5.57. The van der Waals surface area contributed by atoms with Crippen molar-refractivity contribution in [1.29, 1.82) is 0 Å². The van der Waals surface area contributed by atoms with Crippen LogP contribution in [0.25, 0.3) is 0 Å². The maximum absolute atomic E-state index is 10.5. The fourth-order valence-corrected chi connectivity index (χ4v) is 3.92. The average Bonchev–Trinajstić information content (AvgIpc) is 3.29. The van der Waals surface area contributed by atoms with Crippen LogP contribution >= 0.6 is 0 Å². The topological polar surface area (TPSA) is 180 Å². The van der Waals surface area contributed by atoms with E-state index in [-0.39, 0.29) is 6.04 Å². The Morgan fingerprint density at radius 1 is 1.35 bits per heavy atom. The zero-order valence-electron chi connectivity index (χ0n) is 15.0. The Labute approximate surface area is 152 Å². The lowest BCUT2D eigenvalue weighted by molar-refractivity contribution is -0.286. The minimum atomic E-state index is -1.61. The number of hydrogen-bond donors (Lipinski definition) is 8. The Hall–Kier alpha value is -0.400. The van der Waals surface area contributed by atoms with E-state index in [1.54, 1.807) is 0 Å². The molecule has 0 amide bonds. The quantitative estimate of drug-likeness (QED) is 0.215. The predicted molar refractivity (Wildman–Crippen MR) is 89.8 cm³/mol. The summed E-state index contributed by atoms with van der Waals surface area (Å²) in [6.45, 7) is 4.14. The Kier molecular flexibility index (Phi) is 5.91. The van der Waals surface area contributed by atoms with Crippen LogP contribution in [0, 0.1) is 0 Å². The summed E-state index contributed by atoms with van der Waals surface area (Å²) in [4.78, 5) is 0. The number of rotatable bonds is 6. The van der Waals surface area contributed by atoms with Gasteiger partial charge in [-0.1, -0.05) is 6.92 Å². The number of ether oxygens (including phenoxy) is 2. The molecule has 5 unspecified atom stereocenters. The van der Waals surface area contributed by atoms with E-state index in [0.717, 1.165) is 6.42 Å². The van der Waals surface area contributed by atoms with E-state index < -0.39 is 60.7 Å². The second-order valence-electron chi connectivity index (χ2n) is 7.64. The zero-order chi connectivity index (χ0) is 19.2. The second-order valence-corrected chi connectivity index (χ2v) is 7.64. The largest absolute Gasteiger partial charge is 0.391 e. The Morgan fingerprint density at radius 3 is 2.65 bits per heavy atom. The van der Waals surface area contributed by atoms with Gasteiger partial charge >= 0.3 is 0 Å². The van der Waals surface area contributed by atoms with Crippen molar-refractivity contribution >= 4 is 0 Å². The van der Waals surface area contributed by atoms with Crippen LogP contribution in [-0.2, 0) is 9.47 Å². The summed E-state index contributed by atoms with van der Waals surface area (Å²) in [5.41, 5.74) is 4.54. The summed E-state index contributed by atoms with van der Waals surface area (Å²) in [5, 5.41) is 57.0. The molecule has 9 N–H and O–H groups in total. The number of nitrogens with one attached hydrogen (secondary N) is 2. The zero-order valence-corrected chi connectivity index (χ0v) is 15.0.